The van der Waals surface area contributed by atoms with Crippen LogP contribution in [0.5, 0.6) is 0 Å². The van der Waals surface area contributed by atoms with Crippen LogP contribution in [0.3, 0.4) is 0 Å². The van der Waals surface area contributed by atoms with E-state index in [4.69, 9.17) is 23.2 Å². The summed E-state index contributed by atoms with van der Waals surface area (Å²) in [5, 5.41) is 1.21. The van der Waals surface area contributed by atoms with Gasteiger partial charge in [-0.15, -0.1) is 0 Å². The van der Waals surface area contributed by atoms with Crippen molar-refractivity contribution in [1.29, 1.82) is 0 Å². The molecular formula is C17H20Cl2N2O3S2. The minimum atomic E-state index is -3.10. The number of sulfone groups is 1. The van der Waals surface area contributed by atoms with Crippen molar-refractivity contribution >= 4 is 61.6 Å². The van der Waals surface area contributed by atoms with Crippen molar-refractivity contribution < 1.29 is 13.2 Å². The van der Waals surface area contributed by atoms with Crippen molar-refractivity contribution in [2.45, 2.75) is 38.0 Å². The highest BCUT2D eigenvalue weighted by Crippen LogP contribution is 2.42. The molecule has 2 aliphatic rings. The van der Waals surface area contributed by atoms with Crippen LogP contribution in [0.2, 0.25) is 10.0 Å². The first kappa shape index (κ1) is 20.0. The fourth-order valence-corrected chi connectivity index (χ4v) is 7.54. The van der Waals surface area contributed by atoms with Gasteiger partial charge in [-0.25, -0.2) is 8.42 Å². The van der Waals surface area contributed by atoms with E-state index in [-0.39, 0.29) is 34.6 Å². The van der Waals surface area contributed by atoms with E-state index < -0.39 is 9.84 Å². The number of carbonyl (C=O) groups is 1. The molecule has 1 amide bonds. The van der Waals surface area contributed by atoms with E-state index in [0.717, 1.165) is 12.8 Å². The minimum absolute atomic E-state index is 0.0447. The summed E-state index contributed by atoms with van der Waals surface area (Å²) in [6, 6.07) is 4.88. The first-order valence-electron chi connectivity index (χ1n) is 8.49. The molecule has 1 aromatic rings. The summed E-state index contributed by atoms with van der Waals surface area (Å²) < 4.78 is 24.2. The molecule has 0 N–H and O–H groups in total. The van der Waals surface area contributed by atoms with Gasteiger partial charge in [0.1, 0.15) is 0 Å². The maximum atomic E-state index is 12.5. The fourth-order valence-electron chi connectivity index (χ4n) is 3.32. The number of aliphatic imine (C=N–C) groups is 1. The highest BCUT2D eigenvalue weighted by Gasteiger charge is 2.49. The van der Waals surface area contributed by atoms with Crippen LogP contribution in [0.1, 0.15) is 26.7 Å². The lowest BCUT2D eigenvalue weighted by atomic mass is 10.0. The molecule has 5 nitrogen and oxygen atoms in total. The molecular weight excluding hydrogens is 415 g/mol. The van der Waals surface area contributed by atoms with Crippen LogP contribution >= 0.6 is 35.0 Å². The topological polar surface area (TPSA) is 66.8 Å². The Balaban J connectivity index is 2.01. The van der Waals surface area contributed by atoms with Crippen molar-refractivity contribution in [3.63, 3.8) is 0 Å². The number of hydrogen-bond acceptors (Lipinski definition) is 4. The average Bonchev–Trinajstić information content (AvgIpc) is 3.02. The Labute approximate surface area is 168 Å². The van der Waals surface area contributed by atoms with Gasteiger partial charge in [0.05, 0.1) is 27.6 Å². The van der Waals surface area contributed by atoms with Crippen LogP contribution in [0.25, 0.3) is 0 Å². The van der Waals surface area contributed by atoms with Crippen molar-refractivity contribution in [3.8, 4) is 0 Å². The molecule has 2 aliphatic heterocycles. The number of hydrogen-bond donors (Lipinski definition) is 0. The monoisotopic (exact) mass is 434 g/mol. The number of amides is 1. The molecule has 2 atom stereocenters. The number of nitrogens with zero attached hydrogens (tertiary/aromatic N) is 2. The van der Waals surface area contributed by atoms with Gasteiger partial charge in [-0.2, -0.15) is 4.99 Å². The van der Waals surface area contributed by atoms with Crippen LogP contribution < -0.4 is 4.90 Å². The molecule has 3 rings (SSSR count). The zero-order valence-corrected chi connectivity index (χ0v) is 17.6. The first-order chi connectivity index (χ1) is 12.3. The third kappa shape index (κ3) is 3.91. The average molecular weight is 435 g/mol. The van der Waals surface area contributed by atoms with Crippen LogP contribution in [0.4, 0.5) is 5.69 Å². The zero-order valence-electron chi connectivity index (χ0n) is 14.5. The Bertz CT molecular complexity index is 854. The van der Waals surface area contributed by atoms with E-state index in [1.54, 1.807) is 18.2 Å². The molecule has 9 heteroatoms. The van der Waals surface area contributed by atoms with Gasteiger partial charge in [-0.1, -0.05) is 48.8 Å². The molecule has 2 unspecified atom stereocenters. The zero-order chi connectivity index (χ0) is 19.1. The highest BCUT2D eigenvalue weighted by atomic mass is 35.5. The molecule has 26 heavy (non-hydrogen) atoms. The number of thioether (sulfide) groups is 1. The fraction of sp³-hybridized carbons (Fsp3) is 0.529. The van der Waals surface area contributed by atoms with Gasteiger partial charge in [0.25, 0.3) is 5.91 Å². The van der Waals surface area contributed by atoms with Gasteiger partial charge in [0.2, 0.25) is 0 Å². The van der Waals surface area contributed by atoms with E-state index in [0.29, 0.717) is 20.9 Å². The number of benzene rings is 1. The quantitative estimate of drug-likeness (QED) is 0.715. The Morgan fingerprint density at radius 1 is 1.27 bits per heavy atom. The molecule has 0 aromatic heterocycles. The number of anilines is 1. The molecule has 0 saturated carbocycles. The summed E-state index contributed by atoms with van der Waals surface area (Å²) in [5.41, 5.74) is 0.701. The van der Waals surface area contributed by atoms with E-state index in [9.17, 15) is 13.2 Å². The highest BCUT2D eigenvalue weighted by molar-refractivity contribution is 8.16. The number of carbonyl (C=O) groups excluding carboxylic acids is 1. The molecule has 2 saturated heterocycles. The Kier molecular flexibility index (Phi) is 5.92. The molecule has 2 heterocycles. The molecule has 2 fully saturated rings. The minimum Gasteiger partial charge on any atom is -0.316 e. The lowest BCUT2D eigenvalue weighted by molar-refractivity contribution is -0.121. The molecule has 0 aliphatic carbocycles. The molecule has 0 spiro atoms. The number of halogens is 2. The van der Waals surface area contributed by atoms with Crippen molar-refractivity contribution in [1.82, 2.24) is 0 Å². The molecule has 0 radical (unpaired) electrons. The van der Waals surface area contributed by atoms with Gasteiger partial charge >= 0.3 is 0 Å². The predicted molar refractivity (Wildman–Crippen MR) is 109 cm³/mol. The second-order valence-corrected chi connectivity index (χ2v) is 10.7. The van der Waals surface area contributed by atoms with Gasteiger partial charge in [-0.3, -0.25) is 4.79 Å². The van der Waals surface area contributed by atoms with Crippen LogP contribution in [-0.2, 0) is 14.6 Å². The van der Waals surface area contributed by atoms with Crippen molar-refractivity contribution in [2.75, 3.05) is 16.4 Å². The van der Waals surface area contributed by atoms with E-state index in [1.807, 2.05) is 18.7 Å². The molecule has 142 valence electrons. The Morgan fingerprint density at radius 2 is 1.96 bits per heavy atom. The lowest BCUT2D eigenvalue weighted by Gasteiger charge is -2.25. The summed E-state index contributed by atoms with van der Waals surface area (Å²) >= 11 is 13.5. The Morgan fingerprint density at radius 3 is 2.58 bits per heavy atom. The van der Waals surface area contributed by atoms with E-state index >= 15 is 0 Å². The van der Waals surface area contributed by atoms with Crippen LogP contribution in [0, 0.1) is 5.92 Å². The summed E-state index contributed by atoms with van der Waals surface area (Å²) in [7, 11) is -3.10. The lowest BCUT2D eigenvalue weighted by Crippen LogP contribution is -2.37. The number of rotatable bonds is 4. The van der Waals surface area contributed by atoms with Gasteiger partial charge in [0.15, 0.2) is 15.0 Å². The third-order valence-corrected chi connectivity index (χ3v) is 8.74. The van der Waals surface area contributed by atoms with Crippen molar-refractivity contribution in [2.24, 2.45) is 10.9 Å². The van der Waals surface area contributed by atoms with Crippen LogP contribution in [0.15, 0.2) is 23.2 Å². The smallest absolute Gasteiger partial charge is 0.251 e. The summed E-state index contributed by atoms with van der Waals surface area (Å²) in [6.45, 7) is 3.93. The second kappa shape index (κ2) is 7.70. The van der Waals surface area contributed by atoms with E-state index in [2.05, 4.69) is 4.99 Å². The summed E-state index contributed by atoms with van der Waals surface area (Å²) in [6.07, 6.45) is 1.45. The van der Waals surface area contributed by atoms with Crippen molar-refractivity contribution in [3.05, 3.63) is 28.2 Å². The molecule has 1 aromatic carbocycles. The summed E-state index contributed by atoms with van der Waals surface area (Å²) in [5.74, 6) is -0.144. The SMILES string of the molecule is CCC(CC)C(=O)N=C1SC2CS(=O)(=O)CC2N1c1ccc(Cl)c(Cl)c1. The maximum absolute atomic E-state index is 12.5. The third-order valence-electron chi connectivity index (χ3n) is 4.79. The van der Waals surface area contributed by atoms with E-state index in [1.165, 1.54) is 11.8 Å². The molecule has 0 bridgehead atoms. The van der Waals surface area contributed by atoms with Gasteiger partial charge < -0.3 is 4.90 Å². The second-order valence-electron chi connectivity index (χ2n) is 6.52. The van der Waals surface area contributed by atoms with Gasteiger partial charge in [-0.05, 0) is 31.0 Å². The summed E-state index contributed by atoms with van der Waals surface area (Å²) in [4.78, 5) is 18.7. The van der Waals surface area contributed by atoms with Gasteiger partial charge in [0, 0.05) is 16.9 Å². The predicted octanol–water partition coefficient (Wildman–Crippen LogP) is 4.03. The number of amidine groups is 1. The standard InChI is InChI=1S/C17H20Cl2N2O3S2/c1-3-10(4-2)16(22)20-17-21(11-5-6-12(18)13(19)7-11)14-8-26(23,24)9-15(14)25-17/h5-7,10,14-15H,3-4,8-9H2,1-2H3. The largest absolute Gasteiger partial charge is 0.316 e. The maximum Gasteiger partial charge on any atom is 0.251 e. The van der Waals surface area contributed by atoms with Crippen LogP contribution in [-0.4, -0.2) is 42.3 Å². The normalized spacial score (nSPS) is 25.9. The Hall–Kier alpha value is -0.760. The number of fused-ring (bicyclic) bond motifs is 1. The first-order valence-corrected chi connectivity index (χ1v) is 11.9.